The van der Waals surface area contributed by atoms with Crippen molar-refractivity contribution in [3.63, 3.8) is 0 Å². The van der Waals surface area contributed by atoms with Gasteiger partial charge in [-0.1, -0.05) is 6.92 Å². The first-order valence-corrected chi connectivity index (χ1v) is 5.92. The first-order chi connectivity index (χ1) is 6.08. The van der Waals surface area contributed by atoms with Crippen LogP contribution in [0, 0.1) is 0 Å². The molecule has 0 heterocycles. The van der Waals surface area contributed by atoms with Crippen molar-refractivity contribution in [2.75, 3.05) is 39.0 Å². The van der Waals surface area contributed by atoms with Crippen molar-refractivity contribution in [2.24, 2.45) is 0 Å². The summed E-state index contributed by atoms with van der Waals surface area (Å²) in [5.74, 6) is 0.0807. The van der Waals surface area contributed by atoms with Crippen LogP contribution >= 0.6 is 0 Å². The summed E-state index contributed by atoms with van der Waals surface area (Å²) >= 11 is 0. The van der Waals surface area contributed by atoms with E-state index in [0.29, 0.717) is 13.1 Å². The molecule has 6 heteroatoms. The van der Waals surface area contributed by atoms with Crippen LogP contribution in [0.4, 0.5) is 0 Å². The normalized spacial score (nSPS) is 12.3. The Morgan fingerprint density at radius 2 is 2.08 bits per heavy atom. The van der Waals surface area contributed by atoms with Crippen LogP contribution in [-0.2, 0) is 10.0 Å². The van der Waals surface area contributed by atoms with Crippen molar-refractivity contribution in [1.82, 2.24) is 9.62 Å². The zero-order valence-corrected chi connectivity index (χ0v) is 8.97. The van der Waals surface area contributed by atoms with Gasteiger partial charge in [0.05, 0.1) is 12.4 Å². The van der Waals surface area contributed by atoms with Crippen LogP contribution in [0.15, 0.2) is 0 Å². The number of aliphatic hydroxyl groups is 1. The highest BCUT2D eigenvalue weighted by molar-refractivity contribution is 7.89. The summed E-state index contributed by atoms with van der Waals surface area (Å²) < 4.78 is 24.3. The molecular weight excluding hydrogens is 192 g/mol. The number of hydrogen-bond donors (Lipinski definition) is 2. The molecule has 0 fully saturated rings. The maximum absolute atomic E-state index is 11.5. The van der Waals surface area contributed by atoms with Crippen molar-refractivity contribution < 1.29 is 13.5 Å². The quantitative estimate of drug-likeness (QED) is 0.557. The number of nitrogens with zero attached hydrogens (tertiary/aromatic N) is 1. The molecule has 0 rings (SSSR count). The van der Waals surface area contributed by atoms with E-state index in [1.165, 1.54) is 4.31 Å². The highest BCUT2D eigenvalue weighted by Crippen LogP contribution is 1.99. The van der Waals surface area contributed by atoms with Gasteiger partial charge in [0.2, 0.25) is 10.0 Å². The summed E-state index contributed by atoms with van der Waals surface area (Å²) in [5.41, 5.74) is 0. The molecule has 0 unspecified atom stereocenters. The predicted molar refractivity (Wildman–Crippen MR) is 52.0 cm³/mol. The van der Waals surface area contributed by atoms with Crippen LogP contribution in [0.3, 0.4) is 0 Å². The third kappa shape index (κ3) is 4.56. The maximum atomic E-state index is 11.5. The number of likely N-dealkylation sites (N-methyl/N-ethyl adjacent to an activating group) is 1. The largest absolute Gasteiger partial charge is 0.395 e. The summed E-state index contributed by atoms with van der Waals surface area (Å²) in [5, 5.41) is 11.4. The summed E-state index contributed by atoms with van der Waals surface area (Å²) in [6, 6.07) is 0. The van der Waals surface area contributed by atoms with Crippen LogP contribution in [0.1, 0.15) is 6.92 Å². The summed E-state index contributed by atoms with van der Waals surface area (Å²) in [7, 11) is -1.48. The van der Waals surface area contributed by atoms with E-state index in [2.05, 4.69) is 5.32 Å². The second-order valence-electron chi connectivity index (χ2n) is 2.63. The Morgan fingerprint density at radius 3 is 2.46 bits per heavy atom. The number of rotatable bonds is 7. The summed E-state index contributed by atoms with van der Waals surface area (Å²) in [4.78, 5) is 0. The molecule has 0 atom stereocenters. The van der Waals surface area contributed by atoms with Crippen molar-refractivity contribution in [3.8, 4) is 0 Å². The molecule has 0 saturated heterocycles. The highest BCUT2D eigenvalue weighted by atomic mass is 32.2. The van der Waals surface area contributed by atoms with E-state index in [9.17, 15) is 8.42 Å². The van der Waals surface area contributed by atoms with E-state index < -0.39 is 10.0 Å². The second-order valence-corrected chi connectivity index (χ2v) is 4.72. The molecule has 5 nitrogen and oxygen atoms in total. The first kappa shape index (κ1) is 12.8. The fourth-order valence-corrected chi connectivity index (χ4v) is 2.44. The second kappa shape index (κ2) is 6.31. The molecule has 0 aliphatic carbocycles. The van der Waals surface area contributed by atoms with Crippen LogP contribution < -0.4 is 5.32 Å². The third-order valence-corrected chi connectivity index (χ3v) is 3.65. The van der Waals surface area contributed by atoms with E-state index in [0.717, 1.165) is 0 Å². The van der Waals surface area contributed by atoms with Crippen LogP contribution in [0.25, 0.3) is 0 Å². The zero-order valence-electron chi connectivity index (χ0n) is 8.15. The molecule has 0 spiro atoms. The van der Waals surface area contributed by atoms with Crippen molar-refractivity contribution in [3.05, 3.63) is 0 Å². The Morgan fingerprint density at radius 1 is 1.46 bits per heavy atom. The molecule has 0 bridgehead atoms. The van der Waals surface area contributed by atoms with Gasteiger partial charge in [-0.15, -0.1) is 0 Å². The molecule has 0 aliphatic heterocycles. The molecule has 0 aromatic heterocycles. The smallest absolute Gasteiger partial charge is 0.215 e. The van der Waals surface area contributed by atoms with Crippen molar-refractivity contribution in [1.29, 1.82) is 0 Å². The SMILES string of the molecule is CCN(CCO)S(=O)(=O)CCNC. The highest BCUT2D eigenvalue weighted by Gasteiger charge is 2.18. The minimum absolute atomic E-state index is 0.0807. The van der Waals surface area contributed by atoms with E-state index >= 15 is 0 Å². The lowest BCUT2D eigenvalue weighted by molar-refractivity contribution is 0.257. The van der Waals surface area contributed by atoms with Gasteiger partial charge in [-0.25, -0.2) is 8.42 Å². The lowest BCUT2D eigenvalue weighted by atomic mass is 10.6. The number of sulfonamides is 1. The summed E-state index contributed by atoms with van der Waals surface area (Å²) in [6.07, 6.45) is 0. The average Bonchev–Trinajstić information content (AvgIpc) is 2.10. The fourth-order valence-electron chi connectivity index (χ4n) is 0.966. The minimum atomic E-state index is -3.19. The zero-order chi connectivity index (χ0) is 10.3. The number of nitrogens with one attached hydrogen (secondary N) is 1. The third-order valence-electron chi connectivity index (χ3n) is 1.71. The monoisotopic (exact) mass is 210 g/mol. The predicted octanol–water partition coefficient (Wildman–Crippen LogP) is -1.15. The van der Waals surface area contributed by atoms with E-state index in [1.54, 1.807) is 14.0 Å². The molecule has 0 aromatic rings. The molecule has 0 amide bonds. The summed E-state index contributed by atoms with van der Waals surface area (Å²) in [6.45, 7) is 2.65. The Hall–Kier alpha value is -0.170. The molecule has 0 aromatic carbocycles. The Kier molecular flexibility index (Phi) is 6.23. The van der Waals surface area contributed by atoms with Crippen LogP contribution in [-0.4, -0.2) is 56.9 Å². The molecule has 0 saturated carbocycles. The van der Waals surface area contributed by atoms with Gasteiger partial charge >= 0.3 is 0 Å². The Balaban J connectivity index is 4.21. The first-order valence-electron chi connectivity index (χ1n) is 4.31. The van der Waals surface area contributed by atoms with Gasteiger partial charge in [0, 0.05) is 19.6 Å². The molecular formula is C7H18N2O3S. The van der Waals surface area contributed by atoms with E-state index in [4.69, 9.17) is 5.11 Å². The van der Waals surface area contributed by atoms with Crippen molar-refractivity contribution in [2.45, 2.75) is 6.92 Å². The van der Waals surface area contributed by atoms with Gasteiger partial charge in [0.1, 0.15) is 0 Å². The molecule has 0 radical (unpaired) electrons. The van der Waals surface area contributed by atoms with Crippen LogP contribution in [0.2, 0.25) is 0 Å². The standard InChI is InChI=1S/C7H18N2O3S/c1-3-9(5-6-10)13(11,12)7-4-8-2/h8,10H,3-7H2,1-2H3. The van der Waals surface area contributed by atoms with Gasteiger partial charge < -0.3 is 10.4 Å². The van der Waals surface area contributed by atoms with Crippen LogP contribution in [0.5, 0.6) is 0 Å². The maximum Gasteiger partial charge on any atom is 0.215 e. The number of hydrogen-bond acceptors (Lipinski definition) is 4. The lowest BCUT2D eigenvalue weighted by Crippen LogP contribution is -2.37. The topological polar surface area (TPSA) is 69.6 Å². The van der Waals surface area contributed by atoms with E-state index in [1.807, 2.05) is 0 Å². The molecule has 80 valence electrons. The molecule has 2 N–H and O–H groups in total. The Labute approximate surface area is 79.8 Å². The van der Waals surface area contributed by atoms with Gasteiger partial charge in [0.15, 0.2) is 0 Å². The lowest BCUT2D eigenvalue weighted by Gasteiger charge is -2.18. The molecule has 13 heavy (non-hydrogen) atoms. The van der Waals surface area contributed by atoms with E-state index in [-0.39, 0.29) is 18.9 Å². The fraction of sp³-hybridized carbons (Fsp3) is 1.00. The minimum Gasteiger partial charge on any atom is -0.395 e. The van der Waals surface area contributed by atoms with Gasteiger partial charge in [-0.3, -0.25) is 0 Å². The average molecular weight is 210 g/mol. The van der Waals surface area contributed by atoms with Gasteiger partial charge in [-0.2, -0.15) is 4.31 Å². The van der Waals surface area contributed by atoms with Crippen molar-refractivity contribution >= 4 is 10.0 Å². The van der Waals surface area contributed by atoms with Gasteiger partial charge in [-0.05, 0) is 7.05 Å². The van der Waals surface area contributed by atoms with Gasteiger partial charge in [0.25, 0.3) is 0 Å². The molecule has 0 aliphatic rings. The number of aliphatic hydroxyl groups excluding tert-OH is 1. The Bertz CT molecular complexity index is 216.